The molecular weight excluding hydrogens is 260 g/mol. The molecule has 0 aliphatic rings. The molecule has 0 spiro atoms. The Balaban J connectivity index is 1.78. The number of hydrogen-bond acceptors (Lipinski definition) is 3. The number of rotatable bonds is 4. The fraction of sp³-hybridized carbons (Fsp3) is 0.176. The minimum Gasteiger partial charge on any atom is -0.321 e. The van der Waals surface area contributed by atoms with Crippen LogP contribution in [0.25, 0.3) is 11.4 Å². The molecule has 0 aliphatic carbocycles. The zero-order valence-electron chi connectivity index (χ0n) is 12.0. The van der Waals surface area contributed by atoms with Crippen LogP contribution in [0.5, 0.6) is 0 Å². The van der Waals surface area contributed by atoms with Crippen LogP contribution in [0.2, 0.25) is 0 Å². The monoisotopic (exact) mass is 278 g/mol. The number of aromatic amines is 1. The lowest BCUT2D eigenvalue weighted by molar-refractivity contribution is 0.671. The Bertz CT molecular complexity index is 718. The zero-order valence-corrected chi connectivity index (χ0v) is 12.0. The van der Waals surface area contributed by atoms with Crippen molar-refractivity contribution in [2.45, 2.75) is 19.4 Å². The van der Waals surface area contributed by atoms with Gasteiger partial charge in [-0.15, -0.1) is 0 Å². The molecule has 0 bridgehead atoms. The van der Waals surface area contributed by atoms with Gasteiger partial charge >= 0.3 is 0 Å². The number of H-pyrrole nitrogens is 1. The second-order valence-corrected chi connectivity index (χ2v) is 5.21. The van der Waals surface area contributed by atoms with Gasteiger partial charge in [0.15, 0.2) is 5.82 Å². The van der Waals surface area contributed by atoms with E-state index < -0.39 is 0 Å². The molecule has 2 aromatic carbocycles. The number of nitrogens with zero attached hydrogens (tertiary/aromatic N) is 2. The van der Waals surface area contributed by atoms with Crippen LogP contribution in [0, 0.1) is 6.92 Å². The summed E-state index contributed by atoms with van der Waals surface area (Å²) in [5, 5.41) is 7.23. The van der Waals surface area contributed by atoms with E-state index in [0.29, 0.717) is 5.82 Å². The molecule has 1 atom stereocenters. The van der Waals surface area contributed by atoms with Crippen LogP contribution in [-0.2, 0) is 6.42 Å². The SMILES string of the molecule is Cc1cccc(-c2n[nH]c([C@H](N)Cc3ccccc3)n2)c1. The van der Waals surface area contributed by atoms with Gasteiger partial charge in [0, 0.05) is 5.56 Å². The predicted molar refractivity (Wildman–Crippen MR) is 83.6 cm³/mol. The van der Waals surface area contributed by atoms with E-state index in [0.717, 1.165) is 17.8 Å². The molecule has 0 radical (unpaired) electrons. The lowest BCUT2D eigenvalue weighted by atomic mass is 10.1. The minimum atomic E-state index is -0.182. The van der Waals surface area contributed by atoms with E-state index in [9.17, 15) is 0 Å². The summed E-state index contributed by atoms with van der Waals surface area (Å²) in [7, 11) is 0. The van der Waals surface area contributed by atoms with E-state index in [-0.39, 0.29) is 6.04 Å². The maximum absolute atomic E-state index is 6.21. The molecular formula is C17H18N4. The van der Waals surface area contributed by atoms with Crippen molar-refractivity contribution in [2.75, 3.05) is 0 Å². The van der Waals surface area contributed by atoms with Gasteiger partial charge in [0.1, 0.15) is 5.82 Å². The van der Waals surface area contributed by atoms with E-state index in [1.165, 1.54) is 11.1 Å². The first kappa shape index (κ1) is 13.5. The number of nitrogens with two attached hydrogens (primary N) is 1. The molecule has 0 aliphatic heterocycles. The highest BCUT2D eigenvalue weighted by molar-refractivity contribution is 5.55. The summed E-state index contributed by atoms with van der Waals surface area (Å²) in [4.78, 5) is 4.53. The Hall–Kier alpha value is -2.46. The van der Waals surface area contributed by atoms with E-state index in [1.807, 2.05) is 30.3 Å². The second-order valence-electron chi connectivity index (χ2n) is 5.21. The molecule has 0 saturated heterocycles. The largest absolute Gasteiger partial charge is 0.321 e. The molecule has 4 nitrogen and oxygen atoms in total. The third kappa shape index (κ3) is 3.17. The first-order chi connectivity index (χ1) is 10.2. The van der Waals surface area contributed by atoms with E-state index in [2.05, 4.69) is 46.4 Å². The van der Waals surface area contributed by atoms with Gasteiger partial charge in [0.25, 0.3) is 0 Å². The van der Waals surface area contributed by atoms with Gasteiger partial charge < -0.3 is 5.73 Å². The number of aryl methyl sites for hydroxylation is 1. The highest BCUT2D eigenvalue weighted by atomic mass is 15.2. The van der Waals surface area contributed by atoms with E-state index in [1.54, 1.807) is 0 Å². The summed E-state index contributed by atoms with van der Waals surface area (Å²) < 4.78 is 0. The van der Waals surface area contributed by atoms with Crippen LogP contribution in [-0.4, -0.2) is 15.2 Å². The second kappa shape index (κ2) is 5.89. The van der Waals surface area contributed by atoms with Crippen molar-refractivity contribution in [3.05, 3.63) is 71.5 Å². The van der Waals surface area contributed by atoms with Crippen molar-refractivity contribution in [1.82, 2.24) is 15.2 Å². The Kier molecular flexibility index (Phi) is 3.79. The maximum Gasteiger partial charge on any atom is 0.181 e. The summed E-state index contributed by atoms with van der Waals surface area (Å²) in [5.74, 6) is 1.41. The molecule has 21 heavy (non-hydrogen) atoms. The van der Waals surface area contributed by atoms with Crippen molar-refractivity contribution in [3.63, 3.8) is 0 Å². The molecule has 4 heteroatoms. The Morgan fingerprint density at radius 2 is 1.90 bits per heavy atom. The van der Waals surface area contributed by atoms with Gasteiger partial charge in [-0.25, -0.2) is 4.98 Å². The van der Waals surface area contributed by atoms with Crippen LogP contribution in [0.15, 0.2) is 54.6 Å². The van der Waals surface area contributed by atoms with Gasteiger partial charge in [-0.05, 0) is 25.0 Å². The molecule has 1 heterocycles. The minimum absolute atomic E-state index is 0.182. The summed E-state index contributed by atoms with van der Waals surface area (Å²) in [6.45, 7) is 2.05. The molecule has 0 fully saturated rings. The third-order valence-corrected chi connectivity index (χ3v) is 3.43. The topological polar surface area (TPSA) is 67.6 Å². The molecule has 0 unspecified atom stereocenters. The Labute approximate surface area is 124 Å². The van der Waals surface area contributed by atoms with Crippen molar-refractivity contribution in [1.29, 1.82) is 0 Å². The molecule has 1 aromatic heterocycles. The normalized spacial score (nSPS) is 12.3. The van der Waals surface area contributed by atoms with E-state index in [4.69, 9.17) is 5.73 Å². The summed E-state index contributed by atoms with van der Waals surface area (Å²) in [5.41, 5.74) is 9.60. The third-order valence-electron chi connectivity index (χ3n) is 3.43. The molecule has 3 aromatic rings. The number of aromatic nitrogens is 3. The van der Waals surface area contributed by atoms with E-state index >= 15 is 0 Å². The van der Waals surface area contributed by atoms with Crippen molar-refractivity contribution in [3.8, 4) is 11.4 Å². The van der Waals surface area contributed by atoms with Crippen molar-refractivity contribution in [2.24, 2.45) is 5.73 Å². The quantitative estimate of drug-likeness (QED) is 0.771. The highest BCUT2D eigenvalue weighted by Gasteiger charge is 2.13. The fourth-order valence-corrected chi connectivity index (χ4v) is 2.32. The molecule has 0 amide bonds. The Morgan fingerprint density at radius 3 is 2.67 bits per heavy atom. The lowest BCUT2D eigenvalue weighted by Gasteiger charge is -2.07. The summed E-state index contributed by atoms with van der Waals surface area (Å²) in [6.07, 6.45) is 0.739. The average molecular weight is 278 g/mol. The highest BCUT2D eigenvalue weighted by Crippen LogP contribution is 2.19. The van der Waals surface area contributed by atoms with Gasteiger partial charge in [-0.2, -0.15) is 5.10 Å². The first-order valence-electron chi connectivity index (χ1n) is 7.01. The maximum atomic E-state index is 6.21. The molecule has 3 rings (SSSR count). The standard InChI is InChI=1S/C17H18N4/c1-12-6-5-9-14(10-12)16-19-17(21-20-16)15(18)11-13-7-3-2-4-8-13/h2-10,15H,11,18H2,1H3,(H,19,20,21)/t15-/m1/s1. The predicted octanol–water partition coefficient (Wildman–Crippen LogP) is 3.02. The van der Waals surface area contributed by atoms with Crippen LogP contribution in [0.4, 0.5) is 0 Å². The number of benzene rings is 2. The van der Waals surface area contributed by atoms with Gasteiger partial charge in [0.05, 0.1) is 6.04 Å². The number of nitrogens with one attached hydrogen (secondary N) is 1. The van der Waals surface area contributed by atoms with Gasteiger partial charge in [-0.1, -0.05) is 54.1 Å². The van der Waals surface area contributed by atoms with Crippen LogP contribution in [0.1, 0.15) is 23.0 Å². The zero-order chi connectivity index (χ0) is 14.7. The fourth-order valence-electron chi connectivity index (χ4n) is 2.32. The molecule has 106 valence electrons. The van der Waals surface area contributed by atoms with Crippen LogP contribution < -0.4 is 5.73 Å². The van der Waals surface area contributed by atoms with Gasteiger partial charge in [-0.3, -0.25) is 5.10 Å². The molecule has 0 saturated carbocycles. The first-order valence-corrected chi connectivity index (χ1v) is 7.01. The van der Waals surface area contributed by atoms with Gasteiger partial charge in [0.2, 0.25) is 0 Å². The molecule has 3 N–H and O–H groups in total. The number of hydrogen-bond donors (Lipinski definition) is 2. The van der Waals surface area contributed by atoms with Crippen molar-refractivity contribution < 1.29 is 0 Å². The lowest BCUT2D eigenvalue weighted by Crippen LogP contribution is -2.15. The van der Waals surface area contributed by atoms with Crippen LogP contribution >= 0.6 is 0 Å². The van der Waals surface area contributed by atoms with Crippen molar-refractivity contribution >= 4 is 0 Å². The average Bonchev–Trinajstić information content (AvgIpc) is 2.98. The smallest absolute Gasteiger partial charge is 0.181 e. The summed E-state index contributed by atoms with van der Waals surface area (Å²) >= 11 is 0. The summed E-state index contributed by atoms with van der Waals surface area (Å²) in [6, 6.07) is 18.1. The Morgan fingerprint density at radius 1 is 1.10 bits per heavy atom. The van der Waals surface area contributed by atoms with Crippen LogP contribution in [0.3, 0.4) is 0 Å².